The van der Waals surface area contributed by atoms with Crippen LogP contribution in [-0.4, -0.2) is 12.1 Å². The zero-order valence-corrected chi connectivity index (χ0v) is 9.22. The van der Waals surface area contributed by atoms with Crippen molar-refractivity contribution < 1.29 is 9.68 Å². The van der Waals surface area contributed by atoms with E-state index in [0.717, 1.165) is 21.6 Å². The Bertz CT molecular complexity index is 390. The van der Waals surface area contributed by atoms with Crippen molar-refractivity contribution in [3.63, 3.8) is 0 Å². The highest BCUT2D eigenvalue weighted by Crippen LogP contribution is 2.32. The van der Waals surface area contributed by atoms with Crippen LogP contribution in [0.15, 0.2) is 12.1 Å². The molecule has 0 aromatic heterocycles. The molecule has 0 radical (unpaired) electrons. The first-order valence-corrected chi connectivity index (χ1v) is 4.96. The molecule has 74 valence electrons. The van der Waals surface area contributed by atoms with Gasteiger partial charge in [-0.05, 0) is 43.4 Å². The normalized spacial score (nSPS) is 18.5. The van der Waals surface area contributed by atoms with E-state index in [1.54, 1.807) is 0 Å². The van der Waals surface area contributed by atoms with Crippen molar-refractivity contribution in [2.45, 2.75) is 26.4 Å². The van der Waals surface area contributed by atoms with Crippen LogP contribution in [0.25, 0.3) is 0 Å². The average Bonchev–Trinajstić information content (AvgIpc) is 2.26. The standard InChI is InChI=1S/C10H12BClO2/c1-6-4-8-7(5-9(6)12)10(2,3)14-11(8)13/h4-5,13H,1-3H3. The third-order valence-corrected chi connectivity index (χ3v) is 3.06. The maximum absolute atomic E-state index is 9.67. The molecular weight excluding hydrogens is 198 g/mol. The van der Waals surface area contributed by atoms with Crippen LogP contribution in [0.2, 0.25) is 5.02 Å². The molecule has 1 aromatic carbocycles. The summed E-state index contributed by atoms with van der Waals surface area (Å²) in [6.45, 7) is 5.77. The maximum Gasteiger partial charge on any atom is 0.492 e. The Kier molecular flexibility index (Phi) is 2.14. The van der Waals surface area contributed by atoms with Gasteiger partial charge in [-0.25, -0.2) is 0 Å². The molecule has 0 aliphatic carbocycles. The second-order valence-electron chi connectivity index (χ2n) is 4.17. The molecule has 1 aliphatic heterocycles. The summed E-state index contributed by atoms with van der Waals surface area (Å²) >= 11 is 6.03. The molecule has 1 aromatic rings. The monoisotopic (exact) mass is 210 g/mol. The minimum absolute atomic E-state index is 0.452. The SMILES string of the molecule is Cc1cc2c(cc1Cl)C(C)(C)OB2O. The van der Waals surface area contributed by atoms with E-state index >= 15 is 0 Å². The molecule has 4 heteroatoms. The summed E-state index contributed by atoms with van der Waals surface area (Å²) in [5.41, 5.74) is 2.31. The van der Waals surface area contributed by atoms with Gasteiger partial charge in [-0.3, -0.25) is 0 Å². The molecule has 0 spiro atoms. The predicted molar refractivity (Wildman–Crippen MR) is 57.9 cm³/mol. The van der Waals surface area contributed by atoms with Crippen molar-refractivity contribution >= 4 is 24.2 Å². The molecule has 0 amide bonds. The van der Waals surface area contributed by atoms with Crippen molar-refractivity contribution in [1.29, 1.82) is 0 Å². The Morgan fingerprint density at radius 2 is 2.07 bits per heavy atom. The van der Waals surface area contributed by atoms with Gasteiger partial charge < -0.3 is 9.68 Å². The summed E-state index contributed by atoms with van der Waals surface area (Å²) < 4.78 is 5.43. The number of benzene rings is 1. The molecule has 0 unspecified atom stereocenters. The molecule has 1 heterocycles. The van der Waals surface area contributed by atoms with E-state index in [2.05, 4.69) is 0 Å². The molecule has 1 N–H and O–H groups in total. The molecule has 2 rings (SSSR count). The van der Waals surface area contributed by atoms with E-state index in [4.69, 9.17) is 16.3 Å². The topological polar surface area (TPSA) is 29.5 Å². The van der Waals surface area contributed by atoms with Crippen molar-refractivity contribution in [3.8, 4) is 0 Å². The lowest BCUT2D eigenvalue weighted by Crippen LogP contribution is -2.28. The fourth-order valence-electron chi connectivity index (χ4n) is 1.84. The fraction of sp³-hybridized carbons (Fsp3) is 0.400. The van der Waals surface area contributed by atoms with E-state index in [1.165, 1.54) is 0 Å². The first-order chi connectivity index (χ1) is 6.42. The lowest BCUT2D eigenvalue weighted by atomic mass is 9.77. The van der Waals surface area contributed by atoms with E-state index in [0.29, 0.717) is 0 Å². The first kappa shape index (κ1) is 10.0. The van der Waals surface area contributed by atoms with Crippen LogP contribution < -0.4 is 5.46 Å². The Morgan fingerprint density at radius 3 is 2.71 bits per heavy atom. The van der Waals surface area contributed by atoms with Gasteiger partial charge in [-0.15, -0.1) is 0 Å². The second kappa shape index (κ2) is 2.99. The Balaban J connectivity index is 2.64. The van der Waals surface area contributed by atoms with Gasteiger partial charge in [0.2, 0.25) is 0 Å². The van der Waals surface area contributed by atoms with Crippen LogP contribution in [0.5, 0.6) is 0 Å². The summed E-state index contributed by atoms with van der Waals surface area (Å²) in [7, 11) is -0.823. The Labute approximate surface area is 89.0 Å². The molecular formula is C10H12BClO2. The molecule has 0 atom stereocenters. The van der Waals surface area contributed by atoms with Gasteiger partial charge in [-0.1, -0.05) is 17.7 Å². The highest BCUT2D eigenvalue weighted by molar-refractivity contribution is 6.62. The smallest absolute Gasteiger partial charge is 0.423 e. The number of aryl methyl sites for hydroxylation is 1. The van der Waals surface area contributed by atoms with E-state index in [-0.39, 0.29) is 0 Å². The zero-order chi connectivity index (χ0) is 10.5. The van der Waals surface area contributed by atoms with Gasteiger partial charge in [0.1, 0.15) is 0 Å². The number of hydrogen-bond donors (Lipinski definition) is 1. The highest BCUT2D eigenvalue weighted by Gasteiger charge is 2.40. The van der Waals surface area contributed by atoms with E-state index in [9.17, 15) is 5.02 Å². The Morgan fingerprint density at radius 1 is 1.43 bits per heavy atom. The quantitative estimate of drug-likeness (QED) is 0.659. The summed E-state index contributed by atoms with van der Waals surface area (Å²) in [5.74, 6) is 0. The summed E-state index contributed by atoms with van der Waals surface area (Å²) in [4.78, 5) is 0. The van der Waals surface area contributed by atoms with E-state index < -0.39 is 12.7 Å². The lowest BCUT2D eigenvalue weighted by Gasteiger charge is -2.19. The van der Waals surface area contributed by atoms with Crippen LogP contribution >= 0.6 is 11.6 Å². The maximum atomic E-state index is 9.67. The highest BCUT2D eigenvalue weighted by atomic mass is 35.5. The summed E-state index contributed by atoms with van der Waals surface area (Å²) in [6.07, 6.45) is 0. The third kappa shape index (κ3) is 1.36. The number of halogens is 1. The van der Waals surface area contributed by atoms with Gasteiger partial charge in [0, 0.05) is 5.02 Å². The van der Waals surface area contributed by atoms with Crippen LogP contribution in [0, 0.1) is 6.92 Å². The van der Waals surface area contributed by atoms with Crippen molar-refractivity contribution in [1.82, 2.24) is 0 Å². The van der Waals surface area contributed by atoms with Crippen LogP contribution in [0.3, 0.4) is 0 Å². The third-order valence-electron chi connectivity index (χ3n) is 2.65. The van der Waals surface area contributed by atoms with E-state index in [1.807, 2.05) is 32.9 Å². The number of fused-ring (bicyclic) bond motifs is 1. The first-order valence-electron chi connectivity index (χ1n) is 4.58. The lowest BCUT2D eigenvalue weighted by molar-refractivity contribution is 0.101. The van der Waals surface area contributed by atoms with Gasteiger partial charge in [0.05, 0.1) is 5.60 Å². The average molecular weight is 210 g/mol. The van der Waals surface area contributed by atoms with Crippen molar-refractivity contribution in [2.24, 2.45) is 0 Å². The molecule has 0 fully saturated rings. The largest absolute Gasteiger partial charge is 0.492 e. The molecule has 14 heavy (non-hydrogen) atoms. The summed E-state index contributed by atoms with van der Waals surface area (Å²) in [5, 5.41) is 10.4. The van der Waals surface area contributed by atoms with Gasteiger partial charge in [0.15, 0.2) is 0 Å². The number of rotatable bonds is 0. The minimum atomic E-state index is -0.823. The predicted octanol–water partition coefficient (Wildman–Crippen LogP) is 1.60. The van der Waals surface area contributed by atoms with Gasteiger partial charge >= 0.3 is 7.12 Å². The van der Waals surface area contributed by atoms with Gasteiger partial charge in [-0.2, -0.15) is 0 Å². The molecule has 2 nitrogen and oxygen atoms in total. The minimum Gasteiger partial charge on any atom is -0.423 e. The zero-order valence-electron chi connectivity index (χ0n) is 8.47. The molecule has 0 bridgehead atoms. The van der Waals surface area contributed by atoms with Crippen molar-refractivity contribution in [3.05, 3.63) is 28.3 Å². The second-order valence-corrected chi connectivity index (χ2v) is 4.58. The Hall–Kier alpha value is -0.505. The number of hydrogen-bond acceptors (Lipinski definition) is 2. The van der Waals surface area contributed by atoms with Crippen LogP contribution in [-0.2, 0) is 10.3 Å². The van der Waals surface area contributed by atoms with Crippen LogP contribution in [0.1, 0.15) is 25.0 Å². The molecule has 1 aliphatic rings. The fourth-order valence-corrected chi connectivity index (χ4v) is 2.00. The summed E-state index contributed by atoms with van der Waals surface area (Å²) in [6, 6.07) is 3.76. The van der Waals surface area contributed by atoms with Crippen molar-refractivity contribution in [2.75, 3.05) is 0 Å². The van der Waals surface area contributed by atoms with Gasteiger partial charge in [0.25, 0.3) is 0 Å². The molecule has 0 saturated carbocycles. The van der Waals surface area contributed by atoms with Crippen LogP contribution in [0.4, 0.5) is 0 Å². The molecule has 0 saturated heterocycles.